The molecule has 1 aliphatic rings. The third kappa shape index (κ3) is 2.79. The highest BCUT2D eigenvalue weighted by molar-refractivity contribution is 9.10. The van der Waals surface area contributed by atoms with E-state index < -0.39 is 0 Å². The van der Waals surface area contributed by atoms with Gasteiger partial charge >= 0.3 is 0 Å². The second-order valence-corrected chi connectivity index (χ2v) is 4.95. The molecule has 0 heterocycles. The van der Waals surface area contributed by atoms with Crippen LogP contribution >= 0.6 is 15.9 Å². The average molecular weight is 272 g/mol. The zero-order valence-electron chi connectivity index (χ0n) is 8.84. The predicted molar refractivity (Wildman–Crippen MR) is 63.2 cm³/mol. The van der Waals surface area contributed by atoms with Crippen molar-refractivity contribution >= 4 is 15.9 Å². The van der Waals surface area contributed by atoms with Crippen LogP contribution in [0.15, 0.2) is 22.7 Å². The van der Waals surface area contributed by atoms with Crippen LogP contribution in [0.2, 0.25) is 0 Å². The molecule has 0 aromatic heterocycles. The van der Waals surface area contributed by atoms with Gasteiger partial charge in [0.1, 0.15) is 5.82 Å². The first kappa shape index (κ1) is 11.1. The molecule has 0 saturated heterocycles. The Hall–Kier alpha value is -0.410. The minimum atomic E-state index is -0.108. The van der Waals surface area contributed by atoms with Crippen molar-refractivity contribution in [3.63, 3.8) is 0 Å². The second-order valence-electron chi connectivity index (χ2n) is 4.03. The van der Waals surface area contributed by atoms with Gasteiger partial charge in [0.15, 0.2) is 0 Å². The highest BCUT2D eigenvalue weighted by atomic mass is 79.9. The van der Waals surface area contributed by atoms with E-state index in [0.717, 1.165) is 23.1 Å². The van der Waals surface area contributed by atoms with Crippen LogP contribution in [0, 0.1) is 5.82 Å². The summed E-state index contributed by atoms with van der Waals surface area (Å²) in [4.78, 5) is 2.34. The zero-order valence-corrected chi connectivity index (χ0v) is 10.4. The number of hydrogen-bond donors (Lipinski definition) is 0. The molecular formula is C12H15BrFN. The Morgan fingerprint density at radius 3 is 2.73 bits per heavy atom. The smallest absolute Gasteiger partial charge is 0.128 e. The van der Waals surface area contributed by atoms with Gasteiger partial charge in [-0.1, -0.05) is 28.9 Å². The van der Waals surface area contributed by atoms with Crippen LogP contribution in [0.3, 0.4) is 0 Å². The van der Waals surface area contributed by atoms with E-state index in [9.17, 15) is 4.39 Å². The number of benzene rings is 1. The number of hydrogen-bond acceptors (Lipinski definition) is 1. The summed E-state index contributed by atoms with van der Waals surface area (Å²) in [5.41, 5.74) is 0.798. The van der Waals surface area contributed by atoms with E-state index in [-0.39, 0.29) is 5.82 Å². The molecule has 1 aromatic carbocycles. The van der Waals surface area contributed by atoms with E-state index in [1.807, 2.05) is 12.1 Å². The van der Waals surface area contributed by atoms with Gasteiger partial charge in [-0.2, -0.15) is 0 Å². The lowest BCUT2D eigenvalue weighted by atomic mass is 10.2. The summed E-state index contributed by atoms with van der Waals surface area (Å²) in [5.74, 6) is -0.108. The Balaban J connectivity index is 2.08. The number of halogens is 2. The van der Waals surface area contributed by atoms with E-state index in [1.165, 1.54) is 18.9 Å². The molecule has 0 amide bonds. The lowest BCUT2D eigenvalue weighted by Gasteiger charge is -2.20. The van der Waals surface area contributed by atoms with Crippen LogP contribution < -0.4 is 0 Å². The monoisotopic (exact) mass is 271 g/mol. The van der Waals surface area contributed by atoms with Crippen LogP contribution in [0.25, 0.3) is 0 Å². The molecule has 1 aliphatic carbocycles. The quantitative estimate of drug-likeness (QED) is 0.809. The fourth-order valence-electron chi connectivity index (χ4n) is 1.81. The van der Waals surface area contributed by atoms with Crippen molar-refractivity contribution < 1.29 is 4.39 Å². The molecule has 1 fully saturated rings. The van der Waals surface area contributed by atoms with Crippen LogP contribution in [0.5, 0.6) is 0 Å². The first-order valence-electron chi connectivity index (χ1n) is 5.38. The highest BCUT2D eigenvalue weighted by Crippen LogP contribution is 2.28. The van der Waals surface area contributed by atoms with Gasteiger partial charge in [0.05, 0.1) is 0 Å². The maximum absolute atomic E-state index is 13.6. The van der Waals surface area contributed by atoms with Crippen molar-refractivity contribution in [2.75, 3.05) is 6.54 Å². The largest absolute Gasteiger partial charge is 0.296 e. The van der Waals surface area contributed by atoms with Gasteiger partial charge in [-0.3, -0.25) is 4.90 Å². The normalized spacial score (nSPS) is 16.0. The molecule has 0 unspecified atom stereocenters. The predicted octanol–water partition coefficient (Wildman–Crippen LogP) is 3.57. The Bertz CT molecular complexity index is 349. The van der Waals surface area contributed by atoms with Gasteiger partial charge < -0.3 is 0 Å². The number of rotatable bonds is 4. The van der Waals surface area contributed by atoms with Crippen LogP contribution in [0.4, 0.5) is 4.39 Å². The van der Waals surface area contributed by atoms with Crippen molar-refractivity contribution in [3.05, 3.63) is 34.1 Å². The standard InChI is InChI=1S/C12H15BrFN/c1-2-15(11-5-6-11)8-9-3-4-10(13)7-12(9)14/h3-4,7,11H,2,5-6,8H2,1H3. The van der Waals surface area contributed by atoms with Crippen LogP contribution in [-0.2, 0) is 6.54 Å². The summed E-state index contributed by atoms with van der Waals surface area (Å²) in [5, 5.41) is 0. The van der Waals surface area contributed by atoms with E-state index in [4.69, 9.17) is 0 Å². The second kappa shape index (κ2) is 4.62. The summed E-state index contributed by atoms with van der Waals surface area (Å²) in [6.45, 7) is 3.87. The molecule has 0 bridgehead atoms. The molecule has 82 valence electrons. The van der Waals surface area contributed by atoms with E-state index >= 15 is 0 Å². The maximum atomic E-state index is 13.6. The van der Waals surface area contributed by atoms with Crippen molar-refractivity contribution in [2.24, 2.45) is 0 Å². The molecule has 0 N–H and O–H groups in total. The number of nitrogens with zero attached hydrogens (tertiary/aromatic N) is 1. The zero-order chi connectivity index (χ0) is 10.8. The SMILES string of the molecule is CCN(Cc1ccc(Br)cc1F)C1CC1. The Kier molecular flexibility index (Phi) is 3.42. The van der Waals surface area contributed by atoms with Gasteiger partial charge in [-0.25, -0.2) is 4.39 Å². The minimum absolute atomic E-state index is 0.108. The van der Waals surface area contributed by atoms with Gasteiger partial charge in [0.2, 0.25) is 0 Å². The lowest BCUT2D eigenvalue weighted by Crippen LogP contribution is -2.25. The van der Waals surface area contributed by atoms with Crippen molar-refractivity contribution in [1.82, 2.24) is 4.90 Å². The van der Waals surface area contributed by atoms with Crippen molar-refractivity contribution in [3.8, 4) is 0 Å². The molecule has 2 rings (SSSR count). The van der Waals surface area contributed by atoms with E-state index in [1.54, 1.807) is 0 Å². The molecule has 3 heteroatoms. The average Bonchev–Trinajstić information content (AvgIpc) is 3.00. The highest BCUT2D eigenvalue weighted by Gasteiger charge is 2.28. The van der Waals surface area contributed by atoms with E-state index in [2.05, 4.69) is 27.8 Å². The summed E-state index contributed by atoms with van der Waals surface area (Å²) < 4.78 is 14.4. The molecule has 0 spiro atoms. The molecule has 0 radical (unpaired) electrons. The van der Waals surface area contributed by atoms with Crippen LogP contribution in [-0.4, -0.2) is 17.5 Å². The van der Waals surface area contributed by atoms with Crippen LogP contribution in [0.1, 0.15) is 25.3 Å². The molecular weight excluding hydrogens is 257 g/mol. The minimum Gasteiger partial charge on any atom is -0.296 e. The summed E-state index contributed by atoms with van der Waals surface area (Å²) in [7, 11) is 0. The Labute approximate surface area is 98.4 Å². The summed E-state index contributed by atoms with van der Waals surface area (Å²) in [6, 6.07) is 6.00. The first-order valence-corrected chi connectivity index (χ1v) is 6.18. The maximum Gasteiger partial charge on any atom is 0.128 e. The van der Waals surface area contributed by atoms with E-state index in [0.29, 0.717) is 6.04 Å². The Morgan fingerprint density at radius 1 is 1.47 bits per heavy atom. The molecule has 15 heavy (non-hydrogen) atoms. The molecule has 1 saturated carbocycles. The summed E-state index contributed by atoms with van der Waals surface area (Å²) >= 11 is 3.27. The van der Waals surface area contributed by atoms with Gasteiger partial charge in [-0.05, 0) is 31.5 Å². The topological polar surface area (TPSA) is 3.24 Å². The molecule has 1 aromatic rings. The molecule has 1 nitrogen and oxygen atoms in total. The van der Waals surface area contributed by atoms with Crippen molar-refractivity contribution in [2.45, 2.75) is 32.4 Å². The summed E-state index contributed by atoms with van der Waals surface area (Å²) in [6.07, 6.45) is 2.54. The molecule has 0 aliphatic heterocycles. The van der Waals surface area contributed by atoms with Gasteiger partial charge in [0.25, 0.3) is 0 Å². The third-order valence-corrected chi connectivity index (χ3v) is 3.35. The fraction of sp³-hybridized carbons (Fsp3) is 0.500. The first-order chi connectivity index (χ1) is 7.20. The van der Waals surface area contributed by atoms with Gasteiger partial charge in [0, 0.05) is 22.6 Å². The van der Waals surface area contributed by atoms with Gasteiger partial charge in [-0.15, -0.1) is 0 Å². The fourth-order valence-corrected chi connectivity index (χ4v) is 2.14. The third-order valence-electron chi connectivity index (χ3n) is 2.86. The lowest BCUT2D eigenvalue weighted by molar-refractivity contribution is 0.265. The van der Waals surface area contributed by atoms with Crippen molar-refractivity contribution in [1.29, 1.82) is 0 Å². The molecule has 0 atom stereocenters. The Morgan fingerprint density at radius 2 is 2.20 bits per heavy atom.